The molecule has 0 saturated carbocycles. The van der Waals surface area contributed by atoms with Crippen LogP contribution in [-0.2, 0) is 4.74 Å². The van der Waals surface area contributed by atoms with E-state index in [-0.39, 0.29) is 22.9 Å². The molecule has 1 N–H and O–H groups in total. The number of anilines is 1. The van der Waals surface area contributed by atoms with Gasteiger partial charge in [-0.2, -0.15) is 0 Å². The molecule has 10 heteroatoms. The molecule has 0 unspecified atom stereocenters. The van der Waals surface area contributed by atoms with Crippen molar-refractivity contribution in [3.8, 4) is 22.1 Å². The third-order valence-electron chi connectivity index (χ3n) is 4.47. The Labute approximate surface area is 183 Å². The van der Waals surface area contributed by atoms with Crippen molar-refractivity contribution in [2.75, 3.05) is 26.1 Å². The van der Waals surface area contributed by atoms with Crippen molar-refractivity contribution in [1.82, 2.24) is 15.2 Å². The van der Waals surface area contributed by atoms with E-state index in [1.807, 2.05) is 13.8 Å². The Morgan fingerprint density at radius 3 is 2.74 bits per heavy atom. The largest absolute Gasteiger partial charge is 0.496 e. The molecule has 0 radical (unpaired) electrons. The maximum atomic E-state index is 14.7. The van der Waals surface area contributed by atoms with Gasteiger partial charge < -0.3 is 14.2 Å². The molecule has 31 heavy (non-hydrogen) atoms. The molecular weight excluding hydrogens is 423 g/mol. The van der Waals surface area contributed by atoms with Gasteiger partial charge in [-0.1, -0.05) is 11.2 Å². The summed E-state index contributed by atoms with van der Waals surface area (Å²) in [6.07, 6.45) is 1.39. The highest BCUT2D eigenvalue weighted by molar-refractivity contribution is 7.17. The van der Waals surface area contributed by atoms with Gasteiger partial charge in [-0.25, -0.2) is 4.39 Å². The summed E-state index contributed by atoms with van der Waals surface area (Å²) in [6, 6.07) is 6.12. The lowest BCUT2D eigenvalue weighted by Crippen LogP contribution is -2.30. The molecule has 0 bridgehead atoms. The number of hydrogen-bond acceptors (Lipinski definition) is 8. The summed E-state index contributed by atoms with van der Waals surface area (Å²) in [6.45, 7) is 5.78. The summed E-state index contributed by atoms with van der Waals surface area (Å²) in [7, 11) is 3.03. The van der Waals surface area contributed by atoms with Crippen LogP contribution in [0.5, 0.6) is 10.9 Å². The van der Waals surface area contributed by atoms with Gasteiger partial charge >= 0.3 is 0 Å². The molecule has 0 aliphatic carbocycles. The van der Waals surface area contributed by atoms with Gasteiger partial charge in [0.05, 0.1) is 23.8 Å². The van der Waals surface area contributed by atoms with Crippen LogP contribution in [0.2, 0.25) is 0 Å². The molecule has 8 nitrogen and oxygen atoms in total. The van der Waals surface area contributed by atoms with E-state index < -0.39 is 17.3 Å². The second-order valence-corrected chi connectivity index (χ2v) is 8.21. The van der Waals surface area contributed by atoms with E-state index in [0.29, 0.717) is 22.2 Å². The first-order chi connectivity index (χ1) is 14.7. The molecule has 0 aliphatic heterocycles. The smallest absolute Gasteiger partial charge is 0.295 e. The number of ether oxygens (including phenoxy) is 3. The van der Waals surface area contributed by atoms with E-state index in [4.69, 9.17) is 14.2 Å². The Morgan fingerprint density at radius 2 is 2.03 bits per heavy atom. The highest BCUT2D eigenvalue weighted by Gasteiger charge is 2.22. The highest BCUT2D eigenvalue weighted by Crippen LogP contribution is 2.35. The predicted octanol–water partition coefficient (Wildman–Crippen LogP) is 4.11. The van der Waals surface area contributed by atoms with E-state index in [1.165, 1.54) is 19.4 Å². The minimum Gasteiger partial charge on any atom is -0.496 e. The normalized spacial score (nSPS) is 11.3. The molecule has 0 aliphatic rings. The van der Waals surface area contributed by atoms with Crippen LogP contribution in [0.15, 0.2) is 30.5 Å². The summed E-state index contributed by atoms with van der Waals surface area (Å²) in [5, 5.41) is 11.0. The van der Waals surface area contributed by atoms with Gasteiger partial charge in [0.15, 0.2) is 0 Å². The number of hydrogen-bond donors (Lipinski definition) is 1. The summed E-state index contributed by atoms with van der Waals surface area (Å²) in [5.41, 5.74) is 0.860. The third-order valence-corrected chi connectivity index (χ3v) is 5.22. The fourth-order valence-electron chi connectivity index (χ4n) is 2.66. The second kappa shape index (κ2) is 9.36. The Kier molecular flexibility index (Phi) is 6.81. The standard InChI is InChI=1S/C21H23FN4O4S/c1-12-9-13(17-15(22)7-6-8-16(17)28-4)14(10-23-12)18(27)24-19-25-26-20(31-19)30-11-21(2,3)29-5/h6-10H,11H2,1-5H3,(H,24,25,27). The van der Waals surface area contributed by atoms with Crippen LogP contribution in [0.25, 0.3) is 11.1 Å². The summed E-state index contributed by atoms with van der Waals surface area (Å²) in [5.74, 6) is -0.703. The molecule has 1 amide bonds. The zero-order chi connectivity index (χ0) is 22.6. The zero-order valence-corrected chi connectivity index (χ0v) is 18.7. The third kappa shape index (κ3) is 5.33. The Morgan fingerprint density at radius 1 is 1.26 bits per heavy atom. The molecule has 164 valence electrons. The van der Waals surface area contributed by atoms with Crippen molar-refractivity contribution < 1.29 is 23.4 Å². The predicted molar refractivity (Wildman–Crippen MR) is 115 cm³/mol. The van der Waals surface area contributed by atoms with Crippen LogP contribution in [0.4, 0.5) is 9.52 Å². The van der Waals surface area contributed by atoms with Crippen LogP contribution in [0, 0.1) is 12.7 Å². The number of methoxy groups -OCH3 is 2. The van der Waals surface area contributed by atoms with Crippen molar-refractivity contribution in [2.45, 2.75) is 26.4 Å². The quantitative estimate of drug-likeness (QED) is 0.556. The lowest BCUT2D eigenvalue weighted by Gasteiger charge is -2.21. The van der Waals surface area contributed by atoms with Gasteiger partial charge in [-0.15, -0.1) is 5.10 Å². The topological polar surface area (TPSA) is 95.5 Å². The lowest BCUT2D eigenvalue weighted by molar-refractivity contribution is -0.0148. The van der Waals surface area contributed by atoms with Gasteiger partial charge in [0, 0.05) is 24.6 Å². The van der Waals surface area contributed by atoms with Gasteiger partial charge in [-0.05, 0) is 50.3 Å². The average Bonchev–Trinajstić information content (AvgIpc) is 3.19. The van der Waals surface area contributed by atoms with E-state index in [2.05, 4.69) is 20.5 Å². The Balaban J connectivity index is 1.86. The fraction of sp³-hybridized carbons (Fsp3) is 0.333. The number of carbonyl (C=O) groups excluding carboxylic acids is 1. The molecule has 0 spiro atoms. The number of halogens is 1. The number of aromatic nitrogens is 3. The number of amides is 1. The SMILES string of the molecule is COc1cccc(F)c1-c1cc(C)ncc1C(=O)Nc1nnc(OCC(C)(C)OC)s1. The van der Waals surface area contributed by atoms with Gasteiger partial charge in [0.2, 0.25) is 5.13 Å². The van der Waals surface area contributed by atoms with Gasteiger partial charge in [0.25, 0.3) is 11.1 Å². The lowest BCUT2D eigenvalue weighted by atomic mass is 9.98. The maximum absolute atomic E-state index is 14.7. The molecule has 2 heterocycles. The molecular formula is C21H23FN4O4S. The summed E-state index contributed by atoms with van der Waals surface area (Å²) < 4.78 is 30.8. The van der Waals surface area contributed by atoms with Gasteiger partial charge in [-0.3, -0.25) is 15.1 Å². The Hall–Kier alpha value is -3.11. The monoisotopic (exact) mass is 446 g/mol. The number of nitrogens with zero attached hydrogens (tertiary/aromatic N) is 3. The molecule has 3 aromatic rings. The minimum absolute atomic E-state index is 0.173. The van der Waals surface area contributed by atoms with Crippen molar-refractivity contribution in [3.63, 3.8) is 0 Å². The highest BCUT2D eigenvalue weighted by atomic mass is 32.1. The Bertz CT molecular complexity index is 1090. The average molecular weight is 447 g/mol. The van der Waals surface area contributed by atoms with Crippen molar-refractivity contribution >= 4 is 22.4 Å². The number of rotatable bonds is 8. The first-order valence-corrected chi connectivity index (χ1v) is 10.2. The van der Waals surface area contributed by atoms with Crippen molar-refractivity contribution in [2.24, 2.45) is 0 Å². The van der Waals surface area contributed by atoms with Crippen LogP contribution in [0.1, 0.15) is 29.9 Å². The number of pyridine rings is 1. The molecule has 0 fully saturated rings. The van der Waals surface area contributed by atoms with Crippen LogP contribution in [-0.4, -0.2) is 47.5 Å². The number of aryl methyl sites for hydroxylation is 1. The first-order valence-electron chi connectivity index (χ1n) is 9.36. The number of carbonyl (C=O) groups is 1. The van der Waals surface area contributed by atoms with E-state index in [1.54, 1.807) is 32.2 Å². The summed E-state index contributed by atoms with van der Waals surface area (Å²) in [4.78, 5) is 17.2. The van der Waals surface area contributed by atoms with Crippen LogP contribution < -0.4 is 14.8 Å². The minimum atomic E-state index is -0.508. The molecule has 1 aromatic carbocycles. The number of benzene rings is 1. The number of nitrogens with one attached hydrogen (secondary N) is 1. The first kappa shape index (κ1) is 22.6. The van der Waals surface area contributed by atoms with Crippen LogP contribution >= 0.6 is 11.3 Å². The summed E-state index contributed by atoms with van der Waals surface area (Å²) >= 11 is 1.07. The maximum Gasteiger partial charge on any atom is 0.295 e. The van der Waals surface area contributed by atoms with E-state index in [0.717, 1.165) is 11.3 Å². The molecule has 0 atom stereocenters. The molecule has 3 rings (SSSR count). The second-order valence-electron chi connectivity index (χ2n) is 7.27. The van der Waals surface area contributed by atoms with Crippen molar-refractivity contribution in [1.29, 1.82) is 0 Å². The molecule has 2 aromatic heterocycles. The van der Waals surface area contributed by atoms with Crippen LogP contribution in [0.3, 0.4) is 0 Å². The van der Waals surface area contributed by atoms with Crippen molar-refractivity contribution in [3.05, 3.63) is 47.5 Å². The van der Waals surface area contributed by atoms with E-state index in [9.17, 15) is 9.18 Å². The van der Waals surface area contributed by atoms with E-state index >= 15 is 0 Å². The van der Waals surface area contributed by atoms with Gasteiger partial charge in [0.1, 0.15) is 18.2 Å². The molecule has 0 saturated heterocycles. The zero-order valence-electron chi connectivity index (χ0n) is 17.9. The fourth-order valence-corrected chi connectivity index (χ4v) is 3.25.